The molecule has 1 saturated heterocycles. The molecule has 2 aliphatic rings. The number of likely N-dealkylation sites (tertiary alicyclic amines) is 1. The van der Waals surface area contributed by atoms with Crippen LogP contribution in [-0.2, 0) is 0 Å². The monoisotopic (exact) mass is 369 g/mol. The molecule has 0 aliphatic carbocycles. The molecule has 1 atom stereocenters. The SMILES string of the molecule is Cc1cc(OC2CCN(C(C)c3cc4c(cn3)OCCO4)CC2)cc(C)n1. The van der Waals surface area contributed by atoms with E-state index in [4.69, 9.17) is 14.2 Å². The highest BCUT2D eigenvalue weighted by atomic mass is 16.6. The van der Waals surface area contributed by atoms with Gasteiger partial charge in [-0.1, -0.05) is 0 Å². The van der Waals surface area contributed by atoms with Crippen molar-refractivity contribution in [3.63, 3.8) is 0 Å². The van der Waals surface area contributed by atoms with E-state index >= 15 is 0 Å². The molecule has 4 heterocycles. The van der Waals surface area contributed by atoms with Crippen molar-refractivity contribution >= 4 is 0 Å². The topological polar surface area (TPSA) is 56.7 Å². The molecule has 1 fully saturated rings. The number of aromatic nitrogens is 2. The van der Waals surface area contributed by atoms with E-state index in [2.05, 4.69) is 21.8 Å². The zero-order valence-electron chi connectivity index (χ0n) is 16.3. The van der Waals surface area contributed by atoms with Crippen LogP contribution in [-0.4, -0.2) is 47.3 Å². The molecule has 2 aromatic rings. The molecule has 4 rings (SSSR count). The zero-order chi connectivity index (χ0) is 18.8. The van der Waals surface area contributed by atoms with Crippen molar-refractivity contribution in [2.24, 2.45) is 0 Å². The molecular formula is C21H27N3O3. The number of hydrogen-bond donors (Lipinski definition) is 0. The molecule has 6 nitrogen and oxygen atoms in total. The second kappa shape index (κ2) is 7.72. The lowest BCUT2D eigenvalue weighted by atomic mass is 10.0. The Balaban J connectivity index is 1.36. The summed E-state index contributed by atoms with van der Waals surface area (Å²) in [6.07, 6.45) is 4.05. The average molecular weight is 369 g/mol. The summed E-state index contributed by atoms with van der Waals surface area (Å²) in [5, 5.41) is 0. The van der Waals surface area contributed by atoms with Gasteiger partial charge >= 0.3 is 0 Å². The van der Waals surface area contributed by atoms with Crippen molar-refractivity contribution in [1.82, 2.24) is 14.9 Å². The first-order chi connectivity index (χ1) is 13.1. The maximum atomic E-state index is 6.21. The summed E-state index contributed by atoms with van der Waals surface area (Å²) in [5.74, 6) is 2.48. The fourth-order valence-electron chi connectivity index (χ4n) is 3.82. The van der Waals surface area contributed by atoms with Gasteiger partial charge in [-0.2, -0.15) is 0 Å². The van der Waals surface area contributed by atoms with Crippen LogP contribution in [0.15, 0.2) is 24.4 Å². The first-order valence-corrected chi connectivity index (χ1v) is 9.70. The molecular weight excluding hydrogens is 342 g/mol. The van der Waals surface area contributed by atoms with Crippen molar-refractivity contribution in [1.29, 1.82) is 0 Å². The summed E-state index contributed by atoms with van der Waals surface area (Å²) in [6.45, 7) is 9.38. The lowest BCUT2D eigenvalue weighted by molar-refractivity contribution is 0.0782. The number of aryl methyl sites for hydroxylation is 2. The van der Waals surface area contributed by atoms with Crippen LogP contribution in [0.4, 0.5) is 0 Å². The quantitative estimate of drug-likeness (QED) is 0.823. The van der Waals surface area contributed by atoms with E-state index in [0.717, 1.165) is 60.3 Å². The van der Waals surface area contributed by atoms with E-state index in [0.29, 0.717) is 13.2 Å². The molecule has 2 aliphatic heterocycles. The molecule has 0 N–H and O–H groups in total. The van der Waals surface area contributed by atoms with Crippen LogP contribution < -0.4 is 14.2 Å². The van der Waals surface area contributed by atoms with E-state index in [1.54, 1.807) is 6.20 Å². The van der Waals surface area contributed by atoms with Gasteiger partial charge in [-0.25, -0.2) is 0 Å². The van der Waals surface area contributed by atoms with Gasteiger partial charge in [-0.3, -0.25) is 14.9 Å². The number of hydrogen-bond acceptors (Lipinski definition) is 6. The van der Waals surface area contributed by atoms with E-state index < -0.39 is 0 Å². The largest absolute Gasteiger partial charge is 0.490 e. The number of piperidine rings is 1. The molecule has 0 aromatic carbocycles. The van der Waals surface area contributed by atoms with Crippen molar-refractivity contribution in [3.05, 3.63) is 41.5 Å². The van der Waals surface area contributed by atoms with Gasteiger partial charge in [0.2, 0.25) is 0 Å². The summed E-state index contributed by atoms with van der Waals surface area (Å²) in [5.41, 5.74) is 3.03. The number of ether oxygens (including phenoxy) is 3. The van der Waals surface area contributed by atoms with Crippen LogP contribution in [0.2, 0.25) is 0 Å². The van der Waals surface area contributed by atoms with E-state index in [1.807, 2.05) is 32.0 Å². The minimum absolute atomic E-state index is 0.243. The lowest BCUT2D eigenvalue weighted by Crippen LogP contribution is -2.39. The number of fused-ring (bicyclic) bond motifs is 1. The van der Waals surface area contributed by atoms with E-state index in [9.17, 15) is 0 Å². The Morgan fingerprint density at radius 1 is 1.04 bits per heavy atom. The molecule has 0 bridgehead atoms. The van der Waals surface area contributed by atoms with Crippen LogP contribution in [0.5, 0.6) is 17.2 Å². The zero-order valence-corrected chi connectivity index (χ0v) is 16.3. The van der Waals surface area contributed by atoms with Gasteiger partial charge in [0.1, 0.15) is 25.1 Å². The van der Waals surface area contributed by atoms with Crippen molar-refractivity contribution in [2.45, 2.75) is 45.8 Å². The third-order valence-electron chi connectivity index (χ3n) is 5.26. The van der Waals surface area contributed by atoms with Crippen LogP contribution in [0.1, 0.15) is 42.9 Å². The normalized spacial score (nSPS) is 18.9. The molecule has 1 unspecified atom stereocenters. The lowest BCUT2D eigenvalue weighted by Gasteiger charge is -2.36. The molecule has 144 valence electrons. The van der Waals surface area contributed by atoms with Crippen molar-refractivity contribution in [3.8, 4) is 17.2 Å². The van der Waals surface area contributed by atoms with Crippen LogP contribution in [0, 0.1) is 13.8 Å². The maximum absolute atomic E-state index is 6.21. The maximum Gasteiger partial charge on any atom is 0.179 e. The summed E-state index contributed by atoms with van der Waals surface area (Å²) >= 11 is 0. The third kappa shape index (κ3) is 4.16. The van der Waals surface area contributed by atoms with Crippen LogP contribution in [0.25, 0.3) is 0 Å². The fraction of sp³-hybridized carbons (Fsp3) is 0.524. The Kier molecular flexibility index (Phi) is 5.16. The van der Waals surface area contributed by atoms with Gasteiger partial charge in [-0.15, -0.1) is 0 Å². The second-order valence-electron chi connectivity index (χ2n) is 7.37. The first kappa shape index (κ1) is 18.0. The molecule has 0 radical (unpaired) electrons. The van der Waals surface area contributed by atoms with E-state index in [1.165, 1.54) is 0 Å². The van der Waals surface area contributed by atoms with Gasteiger partial charge in [0.25, 0.3) is 0 Å². The number of nitrogens with zero attached hydrogens (tertiary/aromatic N) is 3. The van der Waals surface area contributed by atoms with E-state index in [-0.39, 0.29) is 12.1 Å². The van der Waals surface area contributed by atoms with Crippen molar-refractivity contribution in [2.75, 3.05) is 26.3 Å². The number of rotatable bonds is 4. The molecule has 0 spiro atoms. The molecule has 27 heavy (non-hydrogen) atoms. The molecule has 0 amide bonds. The average Bonchev–Trinajstić information content (AvgIpc) is 2.67. The second-order valence-corrected chi connectivity index (χ2v) is 7.37. The molecule has 2 aromatic heterocycles. The minimum atomic E-state index is 0.243. The minimum Gasteiger partial charge on any atom is -0.490 e. The Hall–Kier alpha value is -2.34. The smallest absolute Gasteiger partial charge is 0.179 e. The predicted octanol–water partition coefficient (Wildman–Crippen LogP) is 3.47. The highest BCUT2D eigenvalue weighted by Gasteiger charge is 2.26. The summed E-state index contributed by atoms with van der Waals surface area (Å²) in [6, 6.07) is 6.29. The predicted molar refractivity (Wildman–Crippen MR) is 103 cm³/mol. The number of pyridine rings is 2. The van der Waals surface area contributed by atoms with Crippen LogP contribution in [0.3, 0.4) is 0 Å². The highest BCUT2D eigenvalue weighted by molar-refractivity contribution is 5.40. The van der Waals surface area contributed by atoms with Crippen molar-refractivity contribution < 1.29 is 14.2 Å². The molecule has 6 heteroatoms. The summed E-state index contributed by atoms with van der Waals surface area (Å²) in [7, 11) is 0. The Labute approximate surface area is 160 Å². The van der Waals surface area contributed by atoms with Crippen LogP contribution >= 0.6 is 0 Å². The summed E-state index contributed by atoms with van der Waals surface area (Å²) in [4.78, 5) is 11.5. The van der Waals surface area contributed by atoms with Gasteiger partial charge in [0.05, 0.1) is 11.9 Å². The fourth-order valence-corrected chi connectivity index (χ4v) is 3.82. The van der Waals surface area contributed by atoms with Gasteiger partial charge < -0.3 is 14.2 Å². The van der Waals surface area contributed by atoms with Gasteiger partial charge in [-0.05, 0) is 33.6 Å². The third-order valence-corrected chi connectivity index (χ3v) is 5.26. The van der Waals surface area contributed by atoms with Gasteiger partial charge in [0.15, 0.2) is 11.5 Å². The Morgan fingerprint density at radius 3 is 2.41 bits per heavy atom. The standard InChI is InChI=1S/C21H27N3O3/c1-14-10-18(11-15(2)23-14)27-17-4-6-24(7-5-17)16(3)19-12-20-21(13-22-19)26-9-8-25-20/h10-13,16-17H,4-9H2,1-3H3. The Morgan fingerprint density at radius 2 is 1.70 bits per heavy atom. The summed E-state index contributed by atoms with van der Waals surface area (Å²) < 4.78 is 17.5. The van der Waals surface area contributed by atoms with Gasteiger partial charge in [0, 0.05) is 48.7 Å². The Bertz CT molecular complexity index is 783. The molecule has 0 saturated carbocycles. The highest BCUT2D eigenvalue weighted by Crippen LogP contribution is 2.33. The first-order valence-electron chi connectivity index (χ1n) is 9.70.